The third kappa shape index (κ3) is 3.17. The van der Waals surface area contributed by atoms with E-state index in [0.717, 1.165) is 36.3 Å². The van der Waals surface area contributed by atoms with Gasteiger partial charge in [-0.1, -0.05) is 30.3 Å². The van der Waals surface area contributed by atoms with Gasteiger partial charge in [-0.25, -0.2) is 4.98 Å². The van der Waals surface area contributed by atoms with Gasteiger partial charge in [-0.15, -0.1) is 0 Å². The molecule has 0 unspecified atom stereocenters. The average Bonchev–Trinajstić information content (AvgIpc) is 2.82. The van der Waals surface area contributed by atoms with Crippen LogP contribution in [0.15, 0.2) is 48.5 Å². The SMILES string of the molecule is COc1cc(-c2nc3ccc4ccccc4c3c3c2CN(C)CC3)cc(OC)c1OC. The molecular formula is C26H26N2O3. The zero-order valence-electron chi connectivity index (χ0n) is 18.4. The van der Waals surface area contributed by atoms with Crippen LogP contribution in [0, 0.1) is 0 Å². The van der Waals surface area contributed by atoms with Crippen molar-refractivity contribution in [2.75, 3.05) is 34.9 Å². The summed E-state index contributed by atoms with van der Waals surface area (Å²) >= 11 is 0. The second-order valence-electron chi connectivity index (χ2n) is 8.00. The molecule has 158 valence electrons. The first kappa shape index (κ1) is 19.6. The molecule has 2 heterocycles. The Hall–Kier alpha value is -3.31. The highest BCUT2D eigenvalue weighted by atomic mass is 16.5. The predicted molar refractivity (Wildman–Crippen MR) is 124 cm³/mol. The fourth-order valence-corrected chi connectivity index (χ4v) is 4.71. The first-order chi connectivity index (χ1) is 15.1. The van der Waals surface area contributed by atoms with Gasteiger partial charge in [0.25, 0.3) is 0 Å². The summed E-state index contributed by atoms with van der Waals surface area (Å²) in [5, 5.41) is 3.79. The van der Waals surface area contributed by atoms with Crippen molar-refractivity contribution >= 4 is 21.7 Å². The first-order valence-electron chi connectivity index (χ1n) is 10.5. The van der Waals surface area contributed by atoms with Gasteiger partial charge < -0.3 is 19.1 Å². The number of hydrogen-bond donors (Lipinski definition) is 0. The van der Waals surface area contributed by atoms with Crippen LogP contribution in [0.25, 0.3) is 32.9 Å². The molecule has 3 aromatic carbocycles. The third-order valence-corrected chi connectivity index (χ3v) is 6.20. The van der Waals surface area contributed by atoms with Crippen LogP contribution in [0.3, 0.4) is 0 Å². The Balaban J connectivity index is 1.85. The van der Waals surface area contributed by atoms with E-state index in [1.54, 1.807) is 21.3 Å². The summed E-state index contributed by atoms with van der Waals surface area (Å²) in [6.45, 7) is 1.89. The number of aromatic nitrogens is 1. The van der Waals surface area contributed by atoms with Gasteiger partial charge in [0.05, 0.1) is 32.5 Å². The fourth-order valence-electron chi connectivity index (χ4n) is 4.71. The molecule has 0 atom stereocenters. The van der Waals surface area contributed by atoms with Gasteiger partial charge in [0.2, 0.25) is 5.75 Å². The van der Waals surface area contributed by atoms with Crippen LogP contribution in [0.2, 0.25) is 0 Å². The minimum Gasteiger partial charge on any atom is -0.493 e. The van der Waals surface area contributed by atoms with E-state index in [9.17, 15) is 0 Å². The Kier molecular flexibility index (Phi) is 4.91. The molecule has 4 aromatic rings. The van der Waals surface area contributed by atoms with Crippen LogP contribution in [-0.2, 0) is 13.0 Å². The van der Waals surface area contributed by atoms with Crippen molar-refractivity contribution in [3.63, 3.8) is 0 Å². The van der Waals surface area contributed by atoms with Crippen molar-refractivity contribution in [3.8, 4) is 28.5 Å². The van der Waals surface area contributed by atoms with Crippen LogP contribution >= 0.6 is 0 Å². The van der Waals surface area contributed by atoms with Crippen LogP contribution < -0.4 is 14.2 Å². The molecule has 0 radical (unpaired) electrons. The molecule has 31 heavy (non-hydrogen) atoms. The van der Waals surface area contributed by atoms with Crippen molar-refractivity contribution in [1.29, 1.82) is 0 Å². The quantitative estimate of drug-likeness (QED) is 0.436. The summed E-state index contributed by atoms with van der Waals surface area (Å²) in [4.78, 5) is 7.52. The summed E-state index contributed by atoms with van der Waals surface area (Å²) in [5.74, 6) is 1.86. The number of fused-ring (bicyclic) bond motifs is 5. The van der Waals surface area contributed by atoms with E-state index in [1.807, 2.05) is 12.1 Å². The Morgan fingerprint density at radius 1 is 0.871 bits per heavy atom. The zero-order chi connectivity index (χ0) is 21.5. The molecule has 1 aliphatic heterocycles. The van der Waals surface area contributed by atoms with Crippen molar-refractivity contribution in [3.05, 3.63) is 59.7 Å². The number of pyridine rings is 1. The number of likely N-dealkylation sites (N-methyl/N-ethyl adjacent to an activating group) is 1. The smallest absolute Gasteiger partial charge is 0.203 e. The summed E-state index contributed by atoms with van der Waals surface area (Å²) in [6, 6.07) is 16.8. The molecule has 0 N–H and O–H groups in total. The number of rotatable bonds is 4. The molecule has 1 aromatic heterocycles. The van der Waals surface area contributed by atoms with E-state index in [4.69, 9.17) is 19.2 Å². The molecular weight excluding hydrogens is 388 g/mol. The number of hydrogen-bond acceptors (Lipinski definition) is 5. The lowest BCUT2D eigenvalue weighted by Gasteiger charge is -2.28. The molecule has 5 heteroatoms. The molecule has 0 fully saturated rings. The summed E-state index contributed by atoms with van der Waals surface area (Å²) in [5.41, 5.74) is 5.63. The van der Waals surface area contributed by atoms with Gasteiger partial charge in [-0.3, -0.25) is 0 Å². The van der Waals surface area contributed by atoms with Crippen molar-refractivity contribution in [2.24, 2.45) is 0 Å². The average molecular weight is 415 g/mol. The molecule has 5 nitrogen and oxygen atoms in total. The van der Waals surface area contributed by atoms with Gasteiger partial charge >= 0.3 is 0 Å². The van der Waals surface area contributed by atoms with E-state index in [-0.39, 0.29) is 0 Å². The van der Waals surface area contributed by atoms with E-state index in [1.165, 1.54) is 27.3 Å². The highest BCUT2D eigenvalue weighted by molar-refractivity contribution is 6.09. The lowest BCUT2D eigenvalue weighted by molar-refractivity contribution is 0.314. The number of methoxy groups -OCH3 is 3. The molecule has 0 saturated heterocycles. The Labute approximate surface area is 182 Å². The van der Waals surface area contributed by atoms with Crippen LogP contribution in [-0.4, -0.2) is 44.8 Å². The Bertz CT molecular complexity index is 1270. The predicted octanol–water partition coefficient (Wildman–Crippen LogP) is 5.07. The molecule has 0 spiro atoms. The van der Waals surface area contributed by atoms with Gasteiger partial charge in [-0.05, 0) is 53.6 Å². The zero-order valence-corrected chi connectivity index (χ0v) is 18.4. The maximum absolute atomic E-state index is 5.61. The Morgan fingerprint density at radius 2 is 1.61 bits per heavy atom. The van der Waals surface area contributed by atoms with Crippen LogP contribution in [0.5, 0.6) is 17.2 Å². The number of ether oxygens (including phenoxy) is 3. The standard InChI is InChI=1S/C26H26N2O3/c1-28-12-11-19-20(15-28)25(17-13-22(29-2)26(31-4)23(14-17)30-3)27-21-10-9-16-7-5-6-8-18(16)24(19)21/h5-10,13-14H,11-12,15H2,1-4H3. The van der Waals surface area contributed by atoms with Gasteiger partial charge in [-0.2, -0.15) is 0 Å². The van der Waals surface area contributed by atoms with Crippen LogP contribution in [0.4, 0.5) is 0 Å². The van der Waals surface area contributed by atoms with Gasteiger partial charge in [0, 0.05) is 24.0 Å². The minimum absolute atomic E-state index is 0.589. The molecule has 0 amide bonds. The lowest BCUT2D eigenvalue weighted by atomic mass is 9.89. The number of nitrogens with zero attached hydrogens (tertiary/aromatic N) is 2. The highest BCUT2D eigenvalue weighted by Gasteiger charge is 2.24. The fraction of sp³-hybridized carbons (Fsp3) is 0.269. The third-order valence-electron chi connectivity index (χ3n) is 6.20. The molecule has 0 bridgehead atoms. The maximum atomic E-state index is 5.61. The molecule has 5 rings (SSSR count). The van der Waals surface area contributed by atoms with E-state index < -0.39 is 0 Å². The second-order valence-corrected chi connectivity index (χ2v) is 8.00. The van der Waals surface area contributed by atoms with E-state index in [0.29, 0.717) is 17.2 Å². The van der Waals surface area contributed by atoms with Gasteiger partial charge in [0.1, 0.15) is 0 Å². The summed E-state index contributed by atoms with van der Waals surface area (Å²) < 4.78 is 16.7. The van der Waals surface area contributed by atoms with Gasteiger partial charge in [0.15, 0.2) is 11.5 Å². The molecule has 1 aliphatic rings. The largest absolute Gasteiger partial charge is 0.493 e. The highest BCUT2D eigenvalue weighted by Crippen LogP contribution is 2.43. The topological polar surface area (TPSA) is 43.8 Å². The normalized spacial score (nSPS) is 13.9. The first-order valence-corrected chi connectivity index (χ1v) is 10.5. The molecule has 0 saturated carbocycles. The minimum atomic E-state index is 0.589. The monoisotopic (exact) mass is 414 g/mol. The lowest BCUT2D eigenvalue weighted by Crippen LogP contribution is -2.27. The second kappa shape index (κ2) is 7.75. The van der Waals surface area contributed by atoms with Crippen LogP contribution in [0.1, 0.15) is 11.1 Å². The van der Waals surface area contributed by atoms with Crippen molar-refractivity contribution in [2.45, 2.75) is 13.0 Å². The van der Waals surface area contributed by atoms with E-state index in [2.05, 4.69) is 48.3 Å². The maximum Gasteiger partial charge on any atom is 0.203 e. The van der Waals surface area contributed by atoms with Crippen molar-refractivity contribution in [1.82, 2.24) is 9.88 Å². The Morgan fingerprint density at radius 3 is 2.32 bits per heavy atom. The summed E-state index contributed by atoms with van der Waals surface area (Å²) in [7, 11) is 7.07. The summed E-state index contributed by atoms with van der Waals surface area (Å²) in [6.07, 6.45) is 0.996. The molecule has 0 aliphatic carbocycles. The number of benzene rings is 3. The van der Waals surface area contributed by atoms with Crippen molar-refractivity contribution < 1.29 is 14.2 Å². The van der Waals surface area contributed by atoms with E-state index >= 15 is 0 Å².